The molecule has 0 amide bonds. The summed E-state index contributed by atoms with van der Waals surface area (Å²) in [4.78, 5) is 3.35. The Morgan fingerprint density at radius 2 is 2.33 bits per heavy atom. The summed E-state index contributed by atoms with van der Waals surface area (Å²) in [5.41, 5.74) is 4.80. The van der Waals surface area contributed by atoms with Gasteiger partial charge in [-0.25, -0.2) is 8.78 Å². The second-order valence-electron chi connectivity index (χ2n) is 1.35. The highest BCUT2D eigenvalue weighted by molar-refractivity contribution is 5.51. The molecule has 4 heteroatoms. The van der Waals surface area contributed by atoms with Gasteiger partial charge in [0.05, 0.1) is 19.2 Å². The zero-order chi connectivity index (χ0) is 7.11. The Morgan fingerprint density at radius 3 is 2.78 bits per heavy atom. The third-order valence-corrected chi connectivity index (χ3v) is 0.667. The number of hydrogen-bond acceptors (Lipinski definition) is 1. The highest BCUT2D eigenvalue weighted by Gasteiger charge is 1.96. The van der Waals surface area contributed by atoms with Gasteiger partial charge in [0.1, 0.15) is 6.17 Å². The van der Waals surface area contributed by atoms with Gasteiger partial charge >= 0.3 is 0 Å². The van der Waals surface area contributed by atoms with E-state index in [1.807, 2.05) is 0 Å². The molecule has 0 radical (unpaired) electrons. The molecule has 1 atom stereocenters. The zero-order valence-electron chi connectivity index (χ0n) is 4.80. The summed E-state index contributed by atoms with van der Waals surface area (Å²) in [5, 5.41) is 0. The fourth-order valence-corrected chi connectivity index (χ4v) is 0.301. The van der Waals surface area contributed by atoms with Crippen LogP contribution < -0.4 is 5.73 Å². The third kappa shape index (κ3) is 4.93. The topological polar surface area (TPSA) is 38.4 Å². The van der Waals surface area contributed by atoms with Crippen LogP contribution in [0.5, 0.6) is 0 Å². The molecule has 9 heavy (non-hydrogen) atoms. The van der Waals surface area contributed by atoms with Gasteiger partial charge in [0, 0.05) is 0 Å². The summed E-state index contributed by atoms with van der Waals surface area (Å²) >= 11 is 0. The summed E-state index contributed by atoms with van der Waals surface area (Å²) in [5.74, 6) is 0. The van der Waals surface area contributed by atoms with Gasteiger partial charge in [-0.05, 0) is 6.08 Å². The van der Waals surface area contributed by atoms with Crippen LogP contribution in [0.15, 0.2) is 17.4 Å². The Kier molecular flexibility index (Phi) is 4.67. The highest BCUT2D eigenvalue weighted by atomic mass is 19.1. The van der Waals surface area contributed by atoms with E-state index in [1.54, 1.807) is 0 Å². The van der Waals surface area contributed by atoms with Crippen molar-refractivity contribution in [3.63, 3.8) is 0 Å². The molecular formula is C5H8F2N2. The van der Waals surface area contributed by atoms with Gasteiger partial charge in [-0.2, -0.15) is 0 Å². The second kappa shape index (κ2) is 5.21. The molecule has 2 nitrogen and oxygen atoms in total. The maximum atomic E-state index is 12.1. The molecule has 1 unspecified atom stereocenters. The van der Waals surface area contributed by atoms with E-state index in [-0.39, 0.29) is 12.9 Å². The van der Waals surface area contributed by atoms with Crippen LogP contribution in [0.25, 0.3) is 0 Å². The van der Waals surface area contributed by atoms with Crippen molar-refractivity contribution in [1.82, 2.24) is 0 Å². The molecule has 0 saturated carbocycles. The number of halogens is 2. The van der Waals surface area contributed by atoms with E-state index in [4.69, 9.17) is 5.73 Å². The van der Waals surface area contributed by atoms with Crippen molar-refractivity contribution in [2.24, 2.45) is 10.7 Å². The molecule has 0 aromatic heterocycles. The van der Waals surface area contributed by atoms with Crippen molar-refractivity contribution in [3.8, 4) is 0 Å². The van der Waals surface area contributed by atoms with E-state index in [0.717, 1.165) is 12.4 Å². The first-order valence-electron chi connectivity index (χ1n) is 2.42. The lowest BCUT2D eigenvalue weighted by atomic mass is 10.4. The van der Waals surface area contributed by atoms with Crippen LogP contribution in [0.1, 0.15) is 0 Å². The Bertz CT molecular complexity index is 112. The van der Waals surface area contributed by atoms with Gasteiger partial charge in [0.2, 0.25) is 0 Å². The van der Waals surface area contributed by atoms with Crippen LogP contribution >= 0.6 is 0 Å². The molecular weight excluding hydrogens is 126 g/mol. The van der Waals surface area contributed by atoms with E-state index < -0.39 is 6.17 Å². The second-order valence-corrected chi connectivity index (χ2v) is 1.35. The van der Waals surface area contributed by atoms with Crippen molar-refractivity contribution >= 4 is 6.34 Å². The molecule has 0 aliphatic carbocycles. The first-order chi connectivity index (χ1) is 4.31. The van der Waals surface area contributed by atoms with Crippen LogP contribution in [0.4, 0.5) is 8.78 Å². The van der Waals surface area contributed by atoms with Crippen LogP contribution in [-0.2, 0) is 0 Å². The van der Waals surface area contributed by atoms with Crippen LogP contribution in [0.2, 0.25) is 0 Å². The Hall–Kier alpha value is -0.930. The van der Waals surface area contributed by atoms with Crippen molar-refractivity contribution < 1.29 is 8.78 Å². The molecule has 0 heterocycles. The minimum absolute atomic E-state index is 0.114. The quantitative estimate of drug-likeness (QED) is 0.450. The van der Waals surface area contributed by atoms with Gasteiger partial charge < -0.3 is 5.73 Å². The average molecular weight is 134 g/mol. The van der Waals surface area contributed by atoms with E-state index in [9.17, 15) is 8.78 Å². The zero-order valence-corrected chi connectivity index (χ0v) is 4.80. The van der Waals surface area contributed by atoms with Crippen LogP contribution in [0.3, 0.4) is 0 Å². The molecule has 0 fully saturated rings. The molecule has 52 valence electrons. The summed E-state index contributed by atoms with van der Waals surface area (Å²) in [6, 6.07) is 0. The predicted octanol–water partition coefficient (Wildman–Crippen LogP) is 0.795. The van der Waals surface area contributed by atoms with Crippen LogP contribution in [-0.4, -0.2) is 19.1 Å². The minimum Gasteiger partial charge on any atom is -0.390 e. The lowest BCUT2D eigenvalue weighted by molar-refractivity contribution is 0.405. The SMILES string of the molecule is NC=NCC(F)/C=C/F. The lowest BCUT2D eigenvalue weighted by Gasteiger charge is -1.92. The molecule has 0 bridgehead atoms. The molecule has 0 spiro atoms. The van der Waals surface area contributed by atoms with E-state index in [0.29, 0.717) is 0 Å². The standard InChI is InChI=1S/C5H8F2N2/c6-2-1-5(7)3-9-4-8/h1-2,4-5H,3H2,(H2,8,9)/b2-1+. The number of nitrogens with two attached hydrogens (primary N) is 1. The molecule has 0 rings (SSSR count). The maximum absolute atomic E-state index is 12.1. The number of alkyl halides is 1. The minimum atomic E-state index is -1.37. The average Bonchev–Trinajstić information content (AvgIpc) is 1.85. The van der Waals surface area contributed by atoms with Crippen molar-refractivity contribution in [1.29, 1.82) is 0 Å². The van der Waals surface area contributed by atoms with Gasteiger partial charge in [0.25, 0.3) is 0 Å². The van der Waals surface area contributed by atoms with Crippen molar-refractivity contribution in [2.75, 3.05) is 6.54 Å². The van der Waals surface area contributed by atoms with Crippen LogP contribution in [0, 0.1) is 0 Å². The number of aliphatic imine (C=N–C) groups is 1. The predicted molar refractivity (Wildman–Crippen MR) is 32.7 cm³/mol. The monoisotopic (exact) mass is 134 g/mol. The molecule has 0 aromatic rings. The maximum Gasteiger partial charge on any atom is 0.140 e. The van der Waals surface area contributed by atoms with Gasteiger partial charge in [0.15, 0.2) is 0 Å². The molecule has 0 aliphatic rings. The molecule has 0 aliphatic heterocycles. The molecule has 0 aromatic carbocycles. The number of hydrogen-bond donors (Lipinski definition) is 1. The van der Waals surface area contributed by atoms with Gasteiger partial charge in [-0.3, -0.25) is 4.99 Å². The van der Waals surface area contributed by atoms with E-state index >= 15 is 0 Å². The Balaban J connectivity index is 3.37. The van der Waals surface area contributed by atoms with Gasteiger partial charge in [-0.1, -0.05) is 0 Å². The normalized spacial score (nSPS) is 15.3. The smallest absolute Gasteiger partial charge is 0.140 e. The fraction of sp³-hybridized carbons (Fsp3) is 0.400. The lowest BCUT2D eigenvalue weighted by Crippen LogP contribution is -2.01. The van der Waals surface area contributed by atoms with E-state index in [2.05, 4.69) is 4.99 Å². The number of rotatable bonds is 3. The summed E-state index contributed by atoms with van der Waals surface area (Å²) in [7, 11) is 0. The number of nitrogens with zero attached hydrogens (tertiary/aromatic N) is 1. The summed E-state index contributed by atoms with van der Waals surface area (Å²) in [6.45, 7) is -0.114. The fourth-order valence-electron chi connectivity index (χ4n) is 0.301. The first-order valence-corrected chi connectivity index (χ1v) is 2.42. The molecule has 2 N–H and O–H groups in total. The van der Waals surface area contributed by atoms with Crippen molar-refractivity contribution in [2.45, 2.75) is 6.17 Å². The molecule has 0 saturated heterocycles. The highest BCUT2D eigenvalue weighted by Crippen LogP contribution is 1.92. The van der Waals surface area contributed by atoms with E-state index in [1.165, 1.54) is 0 Å². The summed E-state index contributed by atoms with van der Waals surface area (Å²) < 4.78 is 23.3. The Labute approximate surface area is 52.1 Å². The Morgan fingerprint density at radius 1 is 1.67 bits per heavy atom. The van der Waals surface area contributed by atoms with Crippen molar-refractivity contribution in [3.05, 3.63) is 12.4 Å². The third-order valence-electron chi connectivity index (χ3n) is 0.667. The van der Waals surface area contributed by atoms with Gasteiger partial charge in [-0.15, -0.1) is 0 Å². The first kappa shape index (κ1) is 8.07. The summed E-state index contributed by atoms with van der Waals surface area (Å²) in [6.07, 6.45) is 0.539. The largest absolute Gasteiger partial charge is 0.390 e.